The molecule has 3 rings (SSSR count). The Labute approximate surface area is 145 Å². The summed E-state index contributed by atoms with van der Waals surface area (Å²) in [5.41, 5.74) is 2.75. The van der Waals surface area contributed by atoms with Crippen molar-refractivity contribution in [1.29, 1.82) is 0 Å². The van der Waals surface area contributed by atoms with Crippen molar-refractivity contribution in [3.05, 3.63) is 69.2 Å². The van der Waals surface area contributed by atoms with E-state index in [0.717, 1.165) is 5.56 Å². The third-order valence-corrected chi connectivity index (χ3v) is 4.51. The van der Waals surface area contributed by atoms with Crippen LogP contribution in [-0.2, 0) is 4.74 Å². The fraction of sp³-hybridized carbons (Fsp3) is 0.278. The van der Waals surface area contributed by atoms with E-state index in [-0.39, 0.29) is 12.0 Å². The summed E-state index contributed by atoms with van der Waals surface area (Å²) in [5, 5.41) is 0.895. The van der Waals surface area contributed by atoms with Gasteiger partial charge in [0.05, 0.1) is 23.7 Å². The molecular weight excluding hydrogens is 333 g/mol. The molecule has 23 heavy (non-hydrogen) atoms. The second kappa shape index (κ2) is 6.91. The van der Waals surface area contributed by atoms with Gasteiger partial charge in [-0.15, -0.1) is 0 Å². The van der Waals surface area contributed by atoms with Gasteiger partial charge in [0.2, 0.25) is 0 Å². The molecule has 3 nitrogen and oxygen atoms in total. The maximum Gasteiger partial charge on any atom is 0.255 e. The molecule has 0 N–H and O–H groups in total. The molecule has 0 radical (unpaired) electrons. The molecule has 0 saturated carbocycles. The fourth-order valence-corrected chi connectivity index (χ4v) is 3.14. The van der Waals surface area contributed by atoms with Gasteiger partial charge in [0.25, 0.3) is 5.91 Å². The van der Waals surface area contributed by atoms with Gasteiger partial charge >= 0.3 is 0 Å². The second-order valence-electron chi connectivity index (χ2n) is 5.65. The van der Waals surface area contributed by atoms with E-state index in [4.69, 9.17) is 27.9 Å². The van der Waals surface area contributed by atoms with Crippen molar-refractivity contribution >= 4 is 29.1 Å². The van der Waals surface area contributed by atoms with Gasteiger partial charge in [-0.1, -0.05) is 53.0 Å². The van der Waals surface area contributed by atoms with E-state index in [1.807, 2.05) is 19.1 Å². The number of rotatable bonds is 2. The Balaban J connectivity index is 1.77. The number of benzene rings is 2. The highest BCUT2D eigenvalue weighted by molar-refractivity contribution is 6.36. The normalized spacial score (nSPS) is 18.0. The summed E-state index contributed by atoms with van der Waals surface area (Å²) in [6.45, 7) is 3.63. The topological polar surface area (TPSA) is 29.5 Å². The first-order valence-corrected chi connectivity index (χ1v) is 8.22. The third-order valence-electron chi connectivity index (χ3n) is 3.96. The van der Waals surface area contributed by atoms with Crippen LogP contribution in [0.15, 0.2) is 42.5 Å². The van der Waals surface area contributed by atoms with Gasteiger partial charge in [-0.3, -0.25) is 4.79 Å². The number of ether oxygens (including phenoxy) is 1. The number of morpholine rings is 1. The van der Waals surface area contributed by atoms with Crippen molar-refractivity contribution in [2.75, 3.05) is 19.7 Å². The van der Waals surface area contributed by atoms with Gasteiger partial charge in [-0.25, -0.2) is 0 Å². The Morgan fingerprint density at radius 1 is 1.17 bits per heavy atom. The quantitative estimate of drug-likeness (QED) is 0.797. The van der Waals surface area contributed by atoms with Crippen molar-refractivity contribution in [2.24, 2.45) is 0 Å². The van der Waals surface area contributed by atoms with E-state index in [0.29, 0.717) is 35.3 Å². The minimum absolute atomic E-state index is 0.0907. The van der Waals surface area contributed by atoms with E-state index in [1.54, 1.807) is 23.1 Å². The number of aryl methyl sites for hydroxylation is 1. The molecule has 1 aliphatic heterocycles. The number of hydrogen-bond donors (Lipinski definition) is 0. The molecule has 120 valence electrons. The zero-order valence-electron chi connectivity index (χ0n) is 12.8. The molecule has 1 amide bonds. The van der Waals surface area contributed by atoms with Crippen molar-refractivity contribution in [2.45, 2.75) is 13.0 Å². The van der Waals surface area contributed by atoms with Crippen LogP contribution in [0.5, 0.6) is 0 Å². The van der Waals surface area contributed by atoms with Crippen LogP contribution in [0.3, 0.4) is 0 Å². The minimum atomic E-state index is -0.112. The molecule has 5 heteroatoms. The third kappa shape index (κ3) is 3.69. The van der Waals surface area contributed by atoms with E-state index >= 15 is 0 Å². The van der Waals surface area contributed by atoms with Gasteiger partial charge in [0, 0.05) is 11.6 Å². The molecule has 1 fully saturated rings. The van der Waals surface area contributed by atoms with Crippen LogP contribution in [0.25, 0.3) is 0 Å². The highest BCUT2D eigenvalue weighted by atomic mass is 35.5. The Bertz CT molecular complexity index is 715. The van der Waals surface area contributed by atoms with Crippen molar-refractivity contribution in [3.8, 4) is 0 Å². The number of hydrogen-bond acceptors (Lipinski definition) is 2. The van der Waals surface area contributed by atoms with Crippen LogP contribution < -0.4 is 0 Å². The number of carbonyl (C=O) groups is 1. The molecule has 2 aromatic rings. The fourth-order valence-electron chi connectivity index (χ4n) is 2.65. The second-order valence-corrected chi connectivity index (χ2v) is 6.49. The highest BCUT2D eigenvalue weighted by Crippen LogP contribution is 2.26. The van der Waals surface area contributed by atoms with Gasteiger partial charge in [-0.2, -0.15) is 0 Å². The summed E-state index contributed by atoms with van der Waals surface area (Å²) in [5.74, 6) is -0.0907. The smallest absolute Gasteiger partial charge is 0.255 e. The average molecular weight is 350 g/mol. The molecule has 0 aromatic heterocycles. The predicted octanol–water partition coefficient (Wildman–Crippen LogP) is 4.52. The molecule has 1 heterocycles. The van der Waals surface area contributed by atoms with Gasteiger partial charge < -0.3 is 9.64 Å². The first kappa shape index (κ1) is 16.3. The zero-order valence-corrected chi connectivity index (χ0v) is 14.3. The average Bonchev–Trinajstić information content (AvgIpc) is 2.55. The lowest BCUT2D eigenvalue weighted by molar-refractivity contribution is -0.0228. The van der Waals surface area contributed by atoms with Crippen LogP contribution >= 0.6 is 23.2 Å². The Morgan fingerprint density at radius 3 is 2.61 bits per heavy atom. The van der Waals surface area contributed by atoms with Crippen LogP contribution in [0.4, 0.5) is 0 Å². The summed E-state index contributed by atoms with van der Waals surface area (Å²) < 4.78 is 5.82. The minimum Gasteiger partial charge on any atom is -0.370 e. The molecule has 0 bridgehead atoms. The van der Waals surface area contributed by atoms with Crippen LogP contribution in [0, 0.1) is 6.92 Å². The number of amides is 1. The SMILES string of the molecule is Cc1ccc(C2CN(C(=O)c3ccc(Cl)cc3Cl)CCO2)cc1. The lowest BCUT2D eigenvalue weighted by Gasteiger charge is -2.33. The molecule has 0 aliphatic carbocycles. The highest BCUT2D eigenvalue weighted by Gasteiger charge is 2.27. The number of carbonyl (C=O) groups excluding carboxylic acids is 1. The summed E-state index contributed by atoms with van der Waals surface area (Å²) >= 11 is 12.0. The van der Waals surface area contributed by atoms with Crippen molar-refractivity contribution < 1.29 is 9.53 Å². The van der Waals surface area contributed by atoms with Crippen molar-refractivity contribution in [1.82, 2.24) is 4.90 Å². The van der Waals surface area contributed by atoms with E-state index in [9.17, 15) is 4.79 Å². The summed E-state index contributed by atoms with van der Waals surface area (Å²) in [6.07, 6.45) is -0.112. The Kier molecular flexibility index (Phi) is 4.90. The molecule has 1 saturated heterocycles. The Hall–Kier alpha value is -1.55. The molecule has 0 spiro atoms. The first-order chi connectivity index (χ1) is 11.0. The van der Waals surface area contributed by atoms with E-state index < -0.39 is 0 Å². The van der Waals surface area contributed by atoms with Gasteiger partial charge in [-0.05, 0) is 30.7 Å². The molecule has 2 aromatic carbocycles. The number of halogens is 2. The van der Waals surface area contributed by atoms with Crippen molar-refractivity contribution in [3.63, 3.8) is 0 Å². The molecular formula is C18H17Cl2NO2. The lowest BCUT2D eigenvalue weighted by atomic mass is 10.1. The van der Waals surface area contributed by atoms with Crippen LogP contribution in [-0.4, -0.2) is 30.5 Å². The van der Waals surface area contributed by atoms with E-state index in [2.05, 4.69) is 12.1 Å². The standard InChI is InChI=1S/C18H17Cl2NO2/c1-12-2-4-13(5-3-12)17-11-21(8-9-23-17)18(22)15-7-6-14(19)10-16(15)20/h2-7,10,17H,8-9,11H2,1H3. The largest absolute Gasteiger partial charge is 0.370 e. The number of nitrogens with zero attached hydrogens (tertiary/aromatic N) is 1. The van der Waals surface area contributed by atoms with Gasteiger partial charge in [0.15, 0.2) is 0 Å². The maximum absolute atomic E-state index is 12.7. The molecule has 1 unspecified atom stereocenters. The van der Waals surface area contributed by atoms with E-state index in [1.165, 1.54) is 5.56 Å². The summed E-state index contributed by atoms with van der Waals surface area (Å²) in [7, 11) is 0. The predicted molar refractivity (Wildman–Crippen MR) is 92.2 cm³/mol. The van der Waals surface area contributed by atoms with Gasteiger partial charge in [0.1, 0.15) is 6.10 Å². The maximum atomic E-state index is 12.7. The first-order valence-electron chi connectivity index (χ1n) is 7.47. The summed E-state index contributed by atoms with van der Waals surface area (Å²) in [4.78, 5) is 14.5. The lowest BCUT2D eigenvalue weighted by Crippen LogP contribution is -2.42. The van der Waals surface area contributed by atoms with Crippen LogP contribution in [0.2, 0.25) is 10.0 Å². The van der Waals surface area contributed by atoms with Crippen LogP contribution in [0.1, 0.15) is 27.6 Å². The molecule has 1 atom stereocenters. The molecule has 1 aliphatic rings. The Morgan fingerprint density at radius 2 is 1.91 bits per heavy atom. The monoisotopic (exact) mass is 349 g/mol. The zero-order chi connectivity index (χ0) is 16.4. The summed E-state index contributed by atoms with van der Waals surface area (Å²) in [6, 6.07) is 13.1.